The van der Waals surface area contributed by atoms with Crippen LogP contribution in [-0.2, 0) is 9.53 Å². The van der Waals surface area contributed by atoms with E-state index in [1.54, 1.807) is 6.92 Å². The molecule has 6 rings (SSSR count). The number of rotatable bonds is 1. The zero-order valence-corrected chi connectivity index (χ0v) is 14.0. The average Bonchev–Trinajstić information content (AvgIpc) is 2.89. The van der Waals surface area contributed by atoms with Gasteiger partial charge in [0.2, 0.25) is 5.78 Å². The summed E-state index contributed by atoms with van der Waals surface area (Å²) in [5, 5.41) is 9.82. The van der Waals surface area contributed by atoms with Crippen LogP contribution in [0.5, 0.6) is 5.75 Å². The summed E-state index contributed by atoms with van der Waals surface area (Å²) in [5.74, 6) is -0.835. The number of hydrogen-bond acceptors (Lipinski definition) is 5. The minimum atomic E-state index is -1.59. The Morgan fingerprint density at radius 1 is 1.24 bits per heavy atom. The van der Waals surface area contributed by atoms with Gasteiger partial charge in [-0.15, -0.1) is 0 Å². The maximum atomic E-state index is 13.6. The molecular weight excluding hydrogens is 320 g/mol. The third-order valence-corrected chi connectivity index (χ3v) is 7.03. The van der Waals surface area contributed by atoms with Crippen LogP contribution < -0.4 is 0 Å². The fourth-order valence-electron chi connectivity index (χ4n) is 5.73. The number of phenols is 1. The molecule has 2 fully saturated rings. The van der Waals surface area contributed by atoms with Crippen molar-refractivity contribution in [2.24, 2.45) is 17.3 Å². The number of ketones is 2. The van der Waals surface area contributed by atoms with E-state index in [1.165, 1.54) is 18.2 Å². The number of carbonyl (C=O) groups is 3. The Morgan fingerprint density at radius 2 is 2.00 bits per heavy atom. The van der Waals surface area contributed by atoms with Gasteiger partial charge < -0.3 is 14.6 Å². The van der Waals surface area contributed by atoms with Crippen molar-refractivity contribution in [1.82, 2.24) is 0 Å². The molecule has 2 heterocycles. The number of hydrogen-bond donors (Lipinski definition) is 1. The van der Waals surface area contributed by atoms with Crippen LogP contribution in [0.4, 0.5) is 0 Å². The Bertz CT molecular complexity index is 915. The third kappa shape index (κ3) is 1.36. The summed E-state index contributed by atoms with van der Waals surface area (Å²) in [5.41, 5.74) is -2.52. The summed E-state index contributed by atoms with van der Waals surface area (Å²) in [6.45, 7) is 3.71. The topological polar surface area (TPSA) is 80.7 Å². The molecule has 1 aromatic carbocycles. The SMILES string of the molecule is CC12CCC3C1C=C1C(=O)c4ccc(O)cc4C(=O)C1(O2)C3(C)C=O. The van der Waals surface area contributed by atoms with Crippen LogP contribution in [0.3, 0.4) is 0 Å². The lowest BCUT2D eigenvalue weighted by Gasteiger charge is -2.61. The van der Waals surface area contributed by atoms with E-state index in [2.05, 4.69) is 0 Å². The van der Waals surface area contributed by atoms with E-state index in [1.807, 2.05) is 13.0 Å². The zero-order valence-electron chi connectivity index (χ0n) is 14.0. The van der Waals surface area contributed by atoms with Crippen LogP contribution in [0.1, 0.15) is 47.4 Å². The van der Waals surface area contributed by atoms with E-state index in [9.17, 15) is 19.5 Å². The molecule has 1 aromatic rings. The monoisotopic (exact) mass is 338 g/mol. The predicted octanol–water partition coefficient (Wildman–Crippen LogP) is 2.47. The second-order valence-corrected chi connectivity index (χ2v) is 8.14. The molecule has 0 radical (unpaired) electrons. The molecule has 2 aliphatic heterocycles. The summed E-state index contributed by atoms with van der Waals surface area (Å²) < 4.78 is 6.39. The first-order valence-corrected chi connectivity index (χ1v) is 8.60. The van der Waals surface area contributed by atoms with Crippen LogP contribution in [0.2, 0.25) is 0 Å². The van der Waals surface area contributed by atoms with Gasteiger partial charge in [-0.1, -0.05) is 6.08 Å². The molecule has 25 heavy (non-hydrogen) atoms. The van der Waals surface area contributed by atoms with Gasteiger partial charge in [0.25, 0.3) is 0 Å². The van der Waals surface area contributed by atoms with E-state index >= 15 is 0 Å². The largest absolute Gasteiger partial charge is 0.508 e. The predicted molar refractivity (Wildman–Crippen MR) is 87.5 cm³/mol. The fraction of sp³-hybridized carbons (Fsp3) is 0.450. The molecule has 5 nitrogen and oxygen atoms in total. The van der Waals surface area contributed by atoms with E-state index in [0.29, 0.717) is 5.57 Å². The van der Waals surface area contributed by atoms with E-state index < -0.39 is 22.4 Å². The first-order valence-electron chi connectivity index (χ1n) is 8.60. The Labute approximate surface area is 144 Å². The van der Waals surface area contributed by atoms with Gasteiger partial charge in [-0.05, 0) is 50.8 Å². The van der Waals surface area contributed by atoms with Crippen molar-refractivity contribution in [3.8, 4) is 5.75 Å². The van der Waals surface area contributed by atoms with E-state index in [-0.39, 0.29) is 34.5 Å². The van der Waals surface area contributed by atoms with Gasteiger partial charge in [-0.3, -0.25) is 9.59 Å². The van der Waals surface area contributed by atoms with Crippen LogP contribution in [0, 0.1) is 17.3 Å². The second kappa shape index (κ2) is 4.10. The highest BCUT2D eigenvalue weighted by molar-refractivity contribution is 6.28. The first kappa shape index (κ1) is 15.0. The molecule has 5 heteroatoms. The van der Waals surface area contributed by atoms with Crippen molar-refractivity contribution in [2.45, 2.75) is 37.9 Å². The average molecular weight is 338 g/mol. The summed E-state index contributed by atoms with van der Waals surface area (Å²) >= 11 is 0. The Kier molecular flexibility index (Phi) is 2.46. The molecule has 5 unspecified atom stereocenters. The summed E-state index contributed by atoms with van der Waals surface area (Å²) in [6, 6.07) is 4.17. The van der Waals surface area contributed by atoms with Crippen LogP contribution in [-0.4, -0.2) is 34.2 Å². The minimum Gasteiger partial charge on any atom is -0.508 e. The number of aromatic hydroxyl groups is 1. The number of ether oxygens (including phenoxy) is 1. The van der Waals surface area contributed by atoms with Crippen molar-refractivity contribution < 1.29 is 24.2 Å². The van der Waals surface area contributed by atoms with Crippen LogP contribution >= 0.6 is 0 Å². The van der Waals surface area contributed by atoms with Gasteiger partial charge in [0.05, 0.1) is 11.0 Å². The van der Waals surface area contributed by atoms with Gasteiger partial charge in [-0.25, -0.2) is 0 Å². The highest BCUT2D eigenvalue weighted by Crippen LogP contribution is 2.68. The van der Waals surface area contributed by atoms with Crippen LogP contribution in [0.25, 0.3) is 0 Å². The molecule has 1 saturated heterocycles. The molecule has 5 atom stereocenters. The number of fused-ring (bicyclic) bond motifs is 1. The van der Waals surface area contributed by atoms with Crippen molar-refractivity contribution in [1.29, 1.82) is 0 Å². The molecule has 3 aliphatic carbocycles. The van der Waals surface area contributed by atoms with Gasteiger partial charge >= 0.3 is 0 Å². The standard InChI is InChI=1S/C20H18O5/c1-18(9-21)13-5-6-19(2)14(13)8-15-16(23)11-4-3-10(22)7-12(11)17(24)20(15,18)25-19/h3-4,7-9,13-14,22H,5-6H2,1-2H3. The van der Waals surface area contributed by atoms with Crippen molar-refractivity contribution in [3.05, 3.63) is 41.0 Å². The van der Waals surface area contributed by atoms with Crippen molar-refractivity contribution in [3.63, 3.8) is 0 Å². The molecule has 4 bridgehead atoms. The number of carbonyl (C=O) groups excluding carboxylic acids is 3. The maximum Gasteiger partial charge on any atom is 0.201 e. The summed E-state index contributed by atoms with van der Waals surface area (Å²) in [6.07, 6.45) is 4.24. The highest BCUT2D eigenvalue weighted by Gasteiger charge is 2.76. The Morgan fingerprint density at radius 3 is 2.72 bits per heavy atom. The van der Waals surface area contributed by atoms with Crippen LogP contribution in [0.15, 0.2) is 29.8 Å². The molecule has 0 amide bonds. The molecule has 128 valence electrons. The third-order valence-electron chi connectivity index (χ3n) is 7.03. The molecular formula is C20H18O5. The molecule has 0 aromatic heterocycles. The Balaban J connectivity index is 1.88. The van der Waals surface area contributed by atoms with E-state index in [4.69, 9.17) is 4.74 Å². The second-order valence-electron chi connectivity index (χ2n) is 8.14. The molecule has 5 aliphatic rings. The minimum absolute atomic E-state index is 0.0249. The zero-order chi connectivity index (χ0) is 17.8. The fourth-order valence-corrected chi connectivity index (χ4v) is 5.73. The Hall–Kier alpha value is -2.27. The van der Waals surface area contributed by atoms with Gasteiger partial charge in [-0.2, -0.15) is 0 Å². The quantitative estimate of drug-likeness (QED) is 0.796. The molecule has 1 N–H and O–H groups in total. The smallest absolute Gasteiger partial charge is 0.201 e. The maximum absolute atomic E-state index is 13.6. The molecule has 1 spiro atoms. The van der Waals surface area contributed by atoms with E-state index in [0.717, 1.165) is 19.1 Å². The number of aldehydes is 1. The van der Waals surface area contributed by atoms with Gasteiger partial charge in [0.15, 0.2) is 11.4 Å². The van der Waals surface area contributed by atoms with Crippen molar-refractivity contribution >= 4 is 17.9 Å². The lowest BCUT2D eigenvalue weighted by Crippen LogP contribution is -2.72. The normalized spacial score (nSPS) is 43.5. The lowest BCUT2D eigenvalue weighted by molar-refractivity contribution is -0.219. The number of benzene rings is 1. The summed E-state index contributed by atoms with van der Waals surface area (Å²) in [4.78, 5) is 38.9. The van der Waals surface area contributed by atoms with Gasteiger partial charge in [0, 0.05) is 22.6 Å². The lowest BCUT2D eigenvalue weighted by atomic mass is 9.49. The highest BCUT2D eigenvalue weighted by atomic mass is 16.5. The van der Waals surface area contributed by atoms with Gasteiger partial charge in [0.1, 0.15) is 12.0 Å². The first-order chi connectivity index (χ1) is 11.8. The van der Waals surface area contributed by atoms with Crippen molar-refractivity contribution in [2.75, 3.05) is 0 Å². The number of Topliss-reactive ketones (excluding diaryl/α,β-unsaturated/α-hetero) is 2. The number of phenolic OH excluding ortho intramolecular Hbond substituents is 1. The summed E-state index contributed by atoms with van der Waals surface area (Å²) in [7, 11) is 0. The molecule has 1 saturated carbocycles.